The van der Waals surface area contributed by atoms with E-state index in [1.807, 2.05) is 24.3 Å². The summed E-state index contributed by atoms with van der Waals surface area (Å²) in [7, 11) is 1.66. The van der Waals surface area contributed by atoms with Crippen molar-refractivity contribution < 1.29 is 4.74 Å². The highest BCUT2D eigenvalue weighted by atomic mass is 35.5. The Balaban J connectivity index is 2.12. The molecule has 0 aliphatic rings. The normalized spacial score (nSPS) is 10.3. The second-order valence-corrected chi connectivity index (χ2v) is 4.80. The average molecular weight is 292 g/mol. The smallest absolute Gasteiger partial charge is 0.137 e. The van der Waals surface area contributed by atoms with E-state index in [0.717, 1.165) is 35.5 Å². The third-order valence-corrected chi connectivity index (χ3v) is 3.31. The van der Waals surface area contributed by atoms with Gasteiger partial charge in [-0.2, -0.15) is 0 Å². The first-order valence-electron chi connectivity index (χ1n) is 6.60. The molecule has 0 atom stereocenters. The summed E-state index contributed by atoms with van der Waals surface area (Å²) in [6, 6.07) is 7.93. The summed E-state index contributed by atoms with van der Waals surface area (Å²) in [5.74, 6) is 1.65. The first kappa shape index (κ1) is 14.6. The number of nitrogens with one attached hydrogen (secondary N) is 1. The third-order valence-electron chi connectivity index (χ3n) is 2.99. The van der Waals surface area contributed by atoms with Crippen molar-refractivity contribution in [1.82, 2.24) is 9.97 Å². The Bertz CT molecular complexity index is 575. The quantitative estimate of drug-likeness (QED) is 0.824. The maximum atomic E-state index is 6.13. The Kier molecular flexibility index (Phi) is 5.18. The van der Waals surface area contributed by atoms with Crippen molar-refractivity contribution in [3.63, 3.8) is 0 Å². The Morgan fingerprint density at radius 3 is 2.90 bits per heavy atom. The van der Waals surface area contributed by atoms with Crippen molar-refractivity contribution in [3.05, 3.63) is 46.9 Å². The van der Waals surface area contributed by atoms with Gasteiger partial charge in [-0.25, -0.2) is 9.97 Å². The van der Waals surface area contributed by atoms with Gasteiger partial charge in [0.25, 0.3) is 0 Å². The van der Waals surface area contributed by atoms with E-state index in [0.29, 0.717) is 11.7 Å². The van der Waals surface area contributed by atoms with E-state index in [9.17, 15) is 0 Å². The molecule has 1 aromatic heterocycles. The van der Waals surface area contributed by atoms with Gasteiger partial charge in [0.1, 0.15) is 23.0 Å². The summed E-state index contributed by atoms with van der Waals surface area (Å²) in [5.41, 5.74) is 2.10. The second-order valence-electron chi connectivity index (χ2n) is 4.45. The van der Waals surface area contributed by atoms with Gasteiger partial charge >= 0.3 is 0 Å². The minimum absolute atomic E-state index is 0.523. The van der Waals surface area contributed by atoms with Crippen LogP contribution in [0.1, 0.15) is 24.5 Å². The molecule has 1 heterocycles. The van der Waals surface area contributed by atoms with Gasteiger partial charge in [0.15, 0.2) is 0 Å². The minimum atomic E-state index is 0.523. The molecule has 0 aliphatic carbocycles. The highest BCUT2D eigenvalue weighted by molar-refractivity contribution is 6.30. The lowest BCUT2D eigenvalue weighted by molar-refractivity contribution is 0.414. The number of anilines is 1. The van der Waals surface area contributed by atoms with Crippen LogP contribution in [-0.2, 0) is 13.0 Å². The molecule has 0 unspecified atom stereocenters. The van der Waals surface area contributed by atoms with Crippen molar-refractivity contribution in [3.8, 4) is 5.75 Å². The number of rotatable bonds is 6. The van der Waals surface area contributed by atoms with Gasteiger partial charge in [-0.15, -0.1) is 0 Å². The van der Waals surface area contributed by atoms with E-state index in [2.05, 4.69) is 22.2 Å². The summed E-state index contributed by atoms with van der Waals surface area (Å²) in [4.78, 5) is 8.31. The molecule has 4 nitrogen and oxygen atoms in total. The van der Waals surface area contributed by atoms with Crippen molar-refractivity contribution in [1.29, 1.82) is 0 Å². The molecule has 0 amide bonds. The number of benzene rings is 1. The maximum Gasteiger partial charge on any atom is 0.137 e. The van der Waals surface area contributed by atoms with E-state index in [1.54, 1.807) is 7.11 Å². The highest BCUT2D eigenvalue weighted by Gasteiger charge is 2.08. The van der Waals surface area contributed by atoms with Crippen LogP contribution in [0, 0.1) is 0 Å². The molecule has 0 saturated carbocycles. The average Bonchev–Trinajstić information content (AvgIpc) is 2.48. The first-order chi connectivity index (χ1) is 9.74. The Morgan fingerprint density at radius 1 is 1.30 bits per heavy atom. The number of methoxy groups -OCH3 is 1. The number of ether oxygens (including phenoxy) is 1. The predicted molar refractivity (Wildman–Crippen MR) is 81.4 cm³/mol. The zero-order chi connectivity index (χ0) is 14.4. The maximum absolute atomic E-state index is 6.13. The van der Waals surface area contributed by atoms with Gasteiger partial charge in [0.05, 0.1) is 7.11 Å². The summed E-state index contributed by atoms with van der Waals surface area (Å²) < 4.78 is 5.21. The molecule has 1 N–H and O–H groups in total. The number of nitrogens with zero attached hydrogens (tertiary/aromatic N) is 2. The molecule has 0 aliphatic heterocycles. The summed E-state index contributed by atoms with van der Waals surface area (Å²) in [6.07, 6.45) is 3.34. The fourth-order valence-corrected chi connectivity index (χ4v) is 2.21. The van der Waals surface area contributed by atoms with Crippen LogP contribution in [0.15, 0.2) is 30.6 Å². The lowest BCUT2D eigenvalue weighted by Crippen LogP contribution is -2.06. The molecule has 0 saturated heterocycles. The van der Waals surface area contributed by atoms with Crippen molar-refractivity contribution in [2.24, 2.45) is 0 Å². The Labute approximate surface area is 124 Å². The lowest BCUT2D eigenvalue weighted by Gasteiger charge is -2.11. The Morgan fingerprint density at radius 2 is 2.15 bits per heavy atom. The van der Waals surface area contributed by atoms with E-state index >= 15 is 0 Å². The number of aromatic nitrogens is 2. The number of halogens is 1. The fourth-order valence-electron chi connectivity index (χ4n) is 1.98. The van der Waals surface area contributed by atoms with Crippen LogP contribution in [0.5, 0.6) is 5.75 Å². The van der Waals surface area contributed by atoms with Crippen LogP contribution in [0.3, 0.4) is 0 Å². The molecule has 0 spiro atoms. The van der Waals surface area contributed by atoms with E-state index in [-0.39, 0.29) is 0 Å². The minimum Gasteiger partial charge on any atom is -0.497 e. The summed E-state index contributed by atoms with van der Waals surface area (Å²) in [6.45, 7) is 2.77. The fraction of sp³-hybridized carbons (Fsp3) is 0.333. The van der Waals surface area contributed by atoms with Crippen LogP contribution in [0.2, 0.25) is 5.15 Å². The van der Waals surface area contributed by atoms with E-state index < -0.39 is 0 Å². The third kappa shape index (κ3) is 3.61. The van der Waals surface area contributed by atoms with Gasteiger partial charge < -0.3 is 10.1 Å². The SMILES string of the molecule is CCCc1c(Cl)ncnc1NCc1cccc(OC)c1. The zero-order valence-corrected chi connectivity index (χ0v) is 12.4. The summed E-state index contributed by atoms with van der Waals surface area (Å²) >= 11 is 6.13. The standard InChI is InChI=1S/C15H18ClN3O/c1-3-5-13-14(16)18-10-19-15(13)17-9-11-6-4-7-12(8-11)20-2/h4,6-8,10H,3,5,9H2,1-2H3,(H,17,18,19). The van der Waals surface area contributed by atoms with Crippen LogP contribution < -0.4 is 10.1 Å². The molecule has 5 heteroatoms. The molecule has 2 rings (SSSR count). The van der Waals surface area contributed by atoms with Crippen LogP contribution in [-0.4, -0.2) is 17.1 Å². The first-order valence-corrected chi connectivity index (χ1v) is 6.98. The van der Waals surface area contributed by atoms with Gasteiger partial charge in [0.2, 0.25) is 0 Å². The monoisotopic (exact) mass is 291 g/mol. The summed E-state index contributed by atoms with van der Waals surface area (Å²) in [5, 5.41) is 3.84. The predicted octanol–water partition coefficient (Wildman–Crippen LogP) is 3.70. The molecule has 0 bridgehead atoms. The van der Waals surface area contributed by atoms with E-state index in [1.165, 1.54) is 6.33 Å². The van der Waals surface area contributed by atoms with Gasteiger partial charge in [-0.05, 0) is 24.1 Å². The number of hydrogen-bond acceptors (Lipinski definition) is 4. The van der Waals surface area contributed by atoms with Crippen LogP contribution >= 0.6 is 11.6 Å². The highest BCUT2D eigenvalue weighted by Crippen LogP contribution is 2.22. The van der Waals surface area contributed by atoms with Crippen molar-refractivity contribution >= 4 is 17.4 Å². The molecule has 20 heavy (non-hydrogen) atoms. The van der Waals surface area contributed by atoms with Crippen LogP contribution in [0.25, 0.3) is 0 Å². The van der Waals surface area contributed by atoms with Crippen molar-refractivity contribution in [2.45, 2.75) is 26.3 Å². The molecule has 1 aromatic carbocycles. The second kappa shape index (κ2) is 7.10. The van der Waals surface area contributed by atoms with Gasteiger partial charge in [-0.3, -0.25) is 0 Å². The van der Waals surface area contributed by atoms with E-state index in [4.69, 9.17) is 16.3 Å². The molecule has 0 radical (unpaired) electrons. The van der Waals surface area contributed by atoms with Gasteiger partial charge in [-0.1, -0.05) is 37.1 Å². The molecular weight excluding hydrogens is 274 g/mol. The molecule has 106 valence electrons. The largest absolute Gasteiger partial charge is 0.497 e. The Hall–Kier alpha value is -1.81. The number of hydrogen-bond donors (Lipinski definition) is 1. The molecule has 2 aromatic rings. The topological polar surface area (TPSA) is 47.0 Å². The zero-order valence-electron chi connectivity index (χ0n) is 11.7. The van der Waals surface area contributed by atoms with Crippen molar-refractivity contribution in [2.75, 3.05) is 12.4 Å². The molecular formula is C15H18ClN3O. The van der Waals surface area contributed by atoms with Crippen LogP contribution in [0.4, 0.5) is 5.82 Å². The lowest BCUT2D eigenvalue weighted by atomic mass is 10.1. The van der Waals surface area contributed by atoms with Gasteiger partial charge in [0, 0.05) is 12.1 Å². The molecule has 0 fully saturated rings.